The number of aliphatic carboxylic acids is 1. The molecule has 0 aliphatic carbocycles. The van der Waals surface area contributed by atoms with Crippen molar-refractivity contribution in [2.75, 3.05) is 20.6 Å². The van der Waals surface area contributed by atoms with Gasteiger partial charge in [0.1, 0.15) is 0 Å². The predicted molar refractivity (Wildman–Crippen MR) is 52.9 cm³/mol. The van der Waals surface area contributed by atoms with E-state index in [1.54, 1.807) is 14.1 Å². The van der Waals surface area contributed by atoms with Crippen molar-refractivity contribution in [1.29, 1.82) is 0 Å². The van der Waals surface area contributed by atoms with Gasteiger partial charge in [-0.15, -0.1) is 0 Å². The lowest BCUT2D eigenvalue weighted by molar-refractivity contribution is -0.140. The van der Waals surface area contributed by atoms with Gasteiger partial charge in [-0.3, -0.25) is 9.69 Å². The number of carboxylic acids is 1. The fourth-order valence-electron chi connectivity index (χ4n) is 1.52. The first-order chi connectivity index (χ1) is 7.34. The Bertz CT molecular complexity index is 374. The Morgan fingerprint density at radius 2 is 2.00 bits per heavy atom. The summed E-state index contributed by atoms with van der Waals surface area (Å²) in [6.45, 7) is -0.411. The third-order valence-electron chi connectivity index (χ3n) is 2.12. The highest BCUT2D eigenvalue weighted by Gasteiger charge is 2.43. The minimum absolute atomic E-state index is 0.0140. The number of hydrogen-bond donors (Lipinski definition) is 2. The molecule has 2 N–H and O–H groups in total. The molecule has 1 aliphatic heterocycles. The van der Waals surface area contributed by atoms with E-state index in [-0.39, 0.29) is 5.57 Å². The van der Waals surface area contributed by atoms with E-state index in [9.17, 15) is 14.4 Å². The Balaban J connectivity index is 3.13. The van der Waals surface area contributed by atoms with Crippen molar-refractivity contribution in [3.63, 3.8) is 0 Å². The van der Waals surface area contributed by atoms with Gasteiger partial charge < -0.3 is 15.1 Å². The number of carbonyl (C=O) groups is 3. The Morgan fingerprint density at radius 3 is 2.38 bits per heavy atom. The van der Waals surface area contributed by atoms with Crippen molar-refractivity contribution < 1.29 is 24.6 Å². The van der Waals surface area contributed by atoms with Crippen LogP contribution in [0, 0.1) is 0 Å². The van der Waals surface area contributed by atoms with Crippen molar-refractivity contribution in [2.24, 2.45) is 0 Å². The third-order valence-corrected chi connectivity index (χ3v) is 2.12. The van der Waals surface area contributed by atoms with E-state index >= 15 is 0 Å². The van der Waals surface area contributed by atoms with Crippen LogP contribution in [0.4, 0.5) is 4.79 Å². The number of rotatable bonds is 2. The number of carboxylic acid groups (broad SMARTS) is 2. The molecule has 7 heteroatoms. The molecule has 7 nitrogen and oxygen atoms in total. The molecule has 0 spiro atoms. The number of nitrogens with zero attached hydrogens (tertiary/aromatic N) is 2. The second-order valence-corrected chi connectivity index (χ2v) is 3.62. The molecule has 1 rings (SSSR count). The third kappa shape index (κ3) is 2.13. The minimum Gasteiger partial charge on any atom is -0.479 e. The van der Waals surface area contributed by atoms with Crippen LogP contribution in [0.2, 0.25) is 0 Å². The molecular weight excluding hydrogens is 216 g/mol. The largest absolute Gasteiger partial charge is 0.479 e. The van der Waals surface area contributed by atoms with E-state index < -0.39 is 30.4 Å². The maximum absolute atomic E-state index is 11.5. The van der Waals surface area contributed by atoms with Crippen LogP contribution in [0.25, 0.3) is 0 Å². The van der Waals surface area contributed by atoms with Crippen molar-refractivity contribution in [1.82, 2.24) is 9.80 Å². The number of ketones is 1. The van der Waals surface area contributed by atoms with E-state index in [0.29, 0.717) is 4.90 Å². The van der Waals surface area contributed by atoms with E-state index in [2.05, 4.69) is 0 Å². The normalized spacial score (nSPS) is 22.6. The van der Waals surface area contributed by atoms with Gasteiger partial charge in [0.25, 0.3) is 0 Å². The van der Waals surface area contributed by atoms with Crippen molar-refractivity contribution in [3.8, 4) is 0 Å². The Kier molecular flexibility index (Phi) is 3.17. The molecule has 0 aromatic heterocycles. The fourth-order valence-corrected chi connectivity index (χ4v) is 1.52. The molecule has 1 aliphatic rings. The highest BCUT2D eigenvalue weighted by Crippen LogP contribution is 2.21. The molecular formula is C9H12N2O5. The van der Waals surface area contributed by atoms with Crippen LogP contribution in [0.5, 0.6) is 0 Å². The van der Waals surface area contributed by atoms with Gasteiger partial charge in [-0.1, -0.05) is 0 Å². The topological polar surface area (TPSA) is 98.2 Å². The molecule has 0 saturated carbocycles. The van der Waals surface area contributed by atoms with Crippen LogP contribution in [0.3, 0.4) is 0 Å². The molecule has 1 saturated heterocycles. The molecule has 88 valence electrons. The van der Waals surface area contributed by atoms with Gasteiger partial charge in [-0.25, -0.2) is 9.59 Å². The van der Waals surface area contributed by atoms with Gasteiger partial charge in [0, 0.05) is 25.9 Å². The summed E-state index contributed by atoms with van der Waals surface area (Å²) in [6, 6.07) is -1.41. The van der Waals surface area contributed by atoms with Crippen molar-refractivity contribution >= 4 is 17.8 Å². The molecule has 0 aromatic carbocycles. The first kappa shape index (κ1) is 12.0. The van der Waals surface area contributed by atoms with E-state index in [1.807, 2.05) is 0 Å². The Hall–Kier alpha value is -2.05. The molecule has 1 atom stereocenters. The number of amides is 1. The van der Waals surface area contributed by atoms with Crippen LogP contribution in [0.15, 0.2) is 11.8 Å². The fraction of sp³-hybridized carbons (Fsp3) is 0.444. The predicted octanol–water partition coefficient (Wildman–Crippen LogP) is -0.552. The zero-order valence-corrected chi connectivity index (χ0v) is 8.88. The lowest BCUT2D eigenvalue weighted by atomic mass is 10.1. The molecule has 1 heterocycles. The molecule has 0 unspecified atom stereocenters. The van der Waals surface area contributed by atoms with E-state index in [1.165, 1.54) is 11.1 Å². The van der Waals surface area contributed by atoms with Crippen LogP contribution in [-0.4, -0.2) is 64.5 Å². The summed E-state index contributed by atoms with van der Waals surface area (Å²) in [7, 11) is 3.26. The van der Waals surface area contributed by atoms with Crippen molar-refractivity contribution in [3.05, 3.63) is 11.8 Å². The average molecular weight is 228 g/mol. The highest BCUT2D eigenvalue weighted by molar-refractivity contribution is 6.08. The molecule has 0 aromatic rings. The van der Waals surface area contributed by atoms with Gasteiger partial charge >= 0.3 is 12.1 Å². The number of carbonyl (C=O) groups excluding carboxylic acids is 1. The summed E-state index contributed by atoms with van der Waals surface area (Å²) >= 11 is 0. The van der Waals surface area contributed by atoms with Crippen LogP contribution >= 0.6 is 0 Å². The van der Waals surface area contributed by atoms with Crippen LogP contribution in [-0.2, 0) is 9.59 Å². The molecule has 1 fully saturated rings. The van der Waals surface area contributed by atoms with Gasteiger partial charge in [0.05, 0.1) is 6.54 Å². The summed E-state index contributed by atoms with van der Waals surface area (Å²) in [6.07, 6.45) is -0.0766. The van der Waals surface area contributed by atoms with Gasteiger partial charge in [-0.05, 0) is 0 Å². The standard InChI is InChI=1S/C9H12N2O5/c1-10(2)3-5-6(12)4-11(9(15)16)7(5)8(13)14/h3,7H,4H2,1-2H3,(H,13,14)(H,15,16)/b5-3-/t7-/m0/s1. The molecule has 16 heavy (non-hydrogen) atoms. The van der Waals surface area contributed by atoms with Crippen molar-refractivity contribution in [2.45, 2.75) is 6.04 Å². The Morgan fingerprint density at radius 1 is 1.44 bits per heavy atom. The first-order valence-electron chi connectivity index (χ1n) is 4.48. The number of likely N-dealkylation sites (tertiary alicyclic amines) is 1. The quantitative estimate of drug-likeness (QED) is 0.615. The number of hydrogen-bond acceptors (Lipinski definition) is 4. The maximum atomic E-state index is 11.5. The minimum atomic E-state index is -1.41. The van der Waals surface area contributed by atoms with Gasteiger partial charge in [-0.2, -0.15) is 0 Å². The lowest BCUT2D eigenvalue weighted by Crippen LogP contribution is -2.40. The van der Waals surface area contributed by atoms with Gasteiger partial charge in [0.2, 0.25) is 0 Å². The molecule has 0 bridgehead atoms. The zero-order chi connectivity index (χ0) is 12.5. The molecule has 1 amide bonds. The highest BCUT2D eigenvalue weighted by atomic mass is 16.4. The summed E-state index contributed by atoms with van der Waals surface area (Å²) in [5.41, 5.74) is -0.0140. The van der Waals surface area contributed by atoms with E-state index in [4.69, 9.17) is 10.2 Å². The summed E-state index contributed by atoms with van der Waals surface area (Å²) in [5.74, 6) is -1.83. The van der Waals surface area contributed by atoms with Gasteiger partial charge in [0.15, 0.2) is 11.8 Å². The maximum Gasteiger partial charge on any atom is 0.408 e. The Labute approximate surface area is 91.6 Å². The SMILES string of the molecule is CN(C)/C=C1/C(=O)CN(C(=O)O)[C@@H]1C(=O)O. The monoisotopic (exact) mass is 228 g/mol. The van der Waals surface area contributed by atoms with Crippen LogP contribution in [0.1, 0.15) is 0 Å². The second kappa shape index (κ2) is 4.21. The molecule has 0 radical (unpaired) electrons. The summed E-state index contributed by atoms with van der Waals surface area (Å²) in [4.78, 5) is 35.3. The second-order valence-electron chi connectivity index (χ2n) is 3.62. The first-order valence-corrected chi connectivity index (χ1v) is 4.48. The average Bonchev–Trinajstić information content (AvgIpc) is 2.43. The lowest BCUT2D eigenvalue weighted by Gasteiger charge is -2.17. The zero-order valence-electron chi connectivity index (χ0n) is 8.88. The van der Waals surface area contributed by atoms with E-state index in [0.717, 1.165) is 0 Å². The smallest absolute Gasteiger partial charge is 0.408 e. The number of Topliss-reactive ketones (excluding diaryl/α,β-unsaturated/α-hetero) is 1. The summed E-state index contributed by atoms with van der Waals surface area (Å²) < 4.78 is 0. The van der Waals surface area contributed by atoms with Crippen LogP contribution < -0.4 is 0 Å². The summed E-state index contributed by atoms with van der Waals surface area (Å²) in [5, 5.41) is 17.7.